The summed E-state index contributed by atoms with van der Waals surface area (Å²) in [5.41, 5.74) is 1.22. The van der Waals surface area contributed by atoms with E-state index in [-0.39, 0.29) is 0 Å². The molecule has 0 radical (unpaired) electrons. The Labute approximate surface area is 78.9 Å². The lowest BCUT2D eigenvalue weighted by molar-refractivity contribution is 0.708. The third-order valence-electron chi connectivity index (χ3n) is 2.31. The smallest absolute Gasteiger partial charge is 0.136 e. The first-order chi connectivity index (χ1) is 6.29. The summed E-state index contributed by atoms with van der Waals surface area (Å²) in [6.07, 6.45) is 6.18. The molecule has 0 unspecified atom stereocenters. The number of fused-ring (bicyclic) bond motifs is 1. The summed E-state index contributed by atoms with van der Waals surface area (Å²) in [6, 6.07) is 4.60. The van der Waals surface area contributed by atoms with E-state index in [1.54, 1.807) is 0 Å². The molecule has 0 atom stereocenters. The average Bonchev–Trinajstić information content (AvgIpc) is 2.17. The van der Waals surface area contributed by atoms with Crippen molar-refractivity contribution in [1.82, 2.24) is 4.98 Å². The molecule has 1 aromatic heterocycles. The van der Waals surface area contributed by atoms with Gasteiger partial charge in [-0.25, -0.2) is 4.98 Å². The predicted octanol–water partition coefficient (Wildman–Crippen LogP) is 2.32. The van der Waals surface area contributed by atoms with Crippen LogP contribution in [0.1, 0.15) is 19.4 Å². The van der Waals surface area contributed by atoms with Crippen LogP contribution in [0, 0.1) is 0 Å². The van der Waals surface area contributed by atoms with Crippen LogP contribution in [0.4, 0.5) is 5.82 Å². The maximum atomic E-state index is 4.40. The first-order valence-electron chi connectivity index (χ1n) is 4.67. The van der Waals surface area contributed by atoms with E-state index in [2.05, 4.69) is 41.9 Å². The van der Waals surface area contributed by atoms with E-state index in [9.17, 15) is 0 Å². The zero-order chi connectivity index (χ0) is 9.26. The van der Waals surface area contributed by atoms with Gasteiger partial charge in [-0.3, -0.25) is 0 Å². The Morgan fingerprint density at radius 2 is 2.31 bits per heavy atom. The van der Waals surface area contributed by atoms with Gasteiger partial charge >= 0.3 is 0 Å². The number of rotatable bonds is 1. The van der Waals surface area contributed by atoms with Gasteiger partial charge in [0.25, 0.3) is 0 Å². The molecular formula is C11H14N2. The van der Waals surface area contributed by atoms with E-state index >= 15 is 0 Å². The van der Waals surface area contributed by atoms with Crippen LogP contribution >= 0.6 is 0 Å². The molecule has 1 aromatic rings. The van der Waals surface area contributed by atoms with Crippen molar-refractivity contribution in [3.05, 3.63) is 30.0 Å². The number of anilines is 1. The Kier molecular flexibility index (Phi) is 2.05. The lowest BCUT2D eigenvalue weighted by Crippen LogP contribution is -2.33. The Morgan fingerprint density at radius 1 is 1.46 bits per heavy atom. The molecule has 13 heavy (non-hydrogen) atoms. The van der Waals surface area contributed by atoms with Gasteiger partial charge in [0.2, 0.25) is 0 Å². The summed E-state index contributed by atoms with van der Waals surface area (Å²) in [5, 5.41) is 0. The van der Waals surface area contributed by atoms with Crippen LogP contribution in [0.3, 0.4) is 0 Å². The maximum absolute atomic E-state index is 4.40. The number of hydrogen-bond acceptors (Lipinski definition) is 2. The van der Waals surface area contributed by atoms with E-state index < -0.39 is 0 Å². The second-order valence-electron chi connectivity index (χ2n) is 3.56. The van der Waals surface area contributed by atoms with Crippen LogP contribution in [0.25, 0.3) is 6.08 Å². The van der Waals surface area contributed by atoms with E-state index in [0.717, 1.165) is 12.4 Å². The van der Waals surface area contributed by atoms with Gasteiger partial charge in [0, 0.05) is 24.3 Å². The van der Waals surface area contributed by atoms with Gasteiger partial charge in [-0.2, -0.15) is 0 Å². The summed E-state index contributed by atoms with van der Waals surface area (Å²) < 4.78 is 0. The predicted molar refractivity (Wildman–Crippen MR) is 55.8 cm³/mol. The third kappa shape index (κ3) is 1.44. The fourth-order valence-corrected chi connectivity index (χ4v) is 1.61. The van der Waals surface area contributed by atoms with E-state index in [1.165, 1.54) is 5.56 Å². The van der Waals surface area contributed by atoms with Crippen LogP contribution in [0.2, 0.25) is 0 Å². The Bertz CT molecular complexity index is 329. The summed E-state index contributed by atoms with van der Waals surface area (Å²) in [6.45, 7) is 5.36. The molecule has 0 aromatic carbocycles. The van der Waals surface area contributed by atoms with Crippen LogP contribution in [0.5, 0.6) is 0 Å². The third-order valence-corrected chi connectivity index (χ3v) is 2.31. The second-order valence-corrected chi connectivity index (χ2v) is 3.56. The van der Waals surface area contributed by atoms with Crippen LogP contribution < -0.4 is 4.90 Å². The molecule has 0 fully saturated rings. The van der Waals surface area contributed by atoms with E-state index in [1.807, 2.05) is 12.3 Å². The Morgan fingerprint density at radius 3 is 3.08 bits per heavy atom. The largest absolute Gasteiger partial charge is 0.350 e. The number of nitrogens with zero attached hydrogens (tertiary/aromatic N) is 2. The number of aromatic nitrogens is 1. The fraction of sp³-hybridized carbons (Fsp3) is 0.364. The molecule has 0 N–H and O–H groups in total. The lowest BCUT2D eigenvalue weighted by Gasteiger charge is -2.30. The lowest BCUT2D eigenvalue weighted by atomic mass is 10.1. The summed E-state index contributed by atoms with van der Waals surface area (Å²) in [7, 11) is 0. The quantitative estimate of drug-likeness (QED) is 0.649. The summed E-state index contributed by atoms with van der Waals surface area (Å²) in [5.74, 6) is 1.11. The first-order valence-corrected chi connectivity index (χ1v) is 4.67. The van der Waals surface area contributed by atoms with Gasteiger partial charge in [-0.05, 0) is 26.0 Å². The topological polar surface area (TPSA) is 16.1 Å². The molecule has 68 valence electrons. The van der Waals surface area contributed by atoms with Crippen molar-refractivity contribution in [2.24, 2.45) is 0 Å². The van der Waals surface area contributed by atoms with Crippen LogP contribution in [-0.2, 0) is 0 Å². The van der Waals surface area contributed by atoms with Crippen LogP contribution in [-0.4, -0.2) is 17.6 Å². The van der Waals surface area contributed by atoms with Crippen molar-refractivity contribution >= 4 is 11.9 Å². The number of pyridine rings is 1. The molecule has 0 aliphatic carbocycles. The molecule has 0 bridgehead atoms. The Balaban J connectivity index is 2.43. The van der Waals surface area contributed by atoms with Crippen molar-refractivity contribution < 1.29 is 0 Å². The molecule has 1 aliphatic heterocycles. The SMILES string of the molecule is CC(C)N1CC=Cc2cccnc21. The molecule has 2 nitrogen and oxygen atoms in total. The zero-order valence-corrected chi connectivity index (χ0v) is 8.07. The normalized spacial score (nSPS) is 14.8. The van der Waals surface area contributed by atoms with Gasteiger partial charge in [-0.15, -0.1) is 0 Å². The minimum atomic E-state index is 0.513. The van der Waals surface area contributed by atoms with Gasteiger partial charge in [0.05, 0.1) is 0 Å². The summed E-state index contributed by atoms with van der Waals surface area (Å²) in [4.78, 5) is 6.70. The zero-order valence-electron chi connectivity index (χ0n) is 8.07. The molecule has 2 heteroatoms. The molecule has 0 amide bonds. The molecular weight excluding hydrogens is 160 g/mol. The molecule has 0 saturated carbocycles. The van der Waals surface area contributed by atoms with Crippen molar-refractivity contribution in [3.63, 3.8) is 0 Å². The van der Waals surface area contributed by atoms with Gasteiger partial charge in [-0.1, -0.05) is 12.2 Å². The van der Waals surface area contributed by atoms with Crippen molar-refractivity contribution in [1.29, 1.82) is 0 Å². The minimum absolute atomic E-state index is 0.513. The average molecular weight is 174 g/mol. The molecule has 1 aliphatic rings. The monoisotopic (exact) mass is 174 g/mol. The highest BCUT2D eigenvalue weighted by Crippen LogP contribution is 2.24. The van der Waals surface area contributed by atoms with Crippen LogP contribution in [0.15, 0.2) is 24.4 Å². The van der Waals surface area contributed by atoms with Gasteiger partial charge < -0.3 is 4.90 Å². The van der Waals surface area contributed by atoms with E-state index in [4.69, 9.17) is 0 Å². The van der Waals surface area contributed by atoms with Crippen molar-refractivity contribution in [2.75, 3.05) is 11.4 Å². The molecule has 0 spiro atoms. The maximum Gasteiger partial charge on any atom is 0.136 e. The van der Waals surface area contributed by atoms with Gasteiger partial charge in [0.15, 0.2) is 0 Å². The van der Waals surface area contributed by atoms with Gasteiger partial charge in [0.1, 0.15) is 5.82 Å². The van der Waals surface area contributed by atoms with Crippen molar-refractivity contribution in [2.45, 2.75) is 19.9 Å². The highest BCUT2D eigenvalue weighted by atomic mass is 15.2. The standard InChI is InChI=1S/C11H14N2/c1-9(2)13-8-4-6-10-5-3-7-12-11(10)13/h3-7,9H,8H2,1-2H3. The van der Waals surface area contributed by atoms with Crippen molar-refractivity contribution in [3.8, 4) is 0 Å². The summed E-state index contributed by atoms with van der Waals surface area (Å²) >= 11 is 0. The first kappa shape index (κ1) is 8.30. The Hall–Kier alpha value is -1.31. The fourth-order valence-electron chi connectivity index (χ4n) is 1.61. The van der Waals surface area contributed by atoms with E-state index in [0.29, 0.717) is 6.04 Å². The highest BCUT2D eigenvalue weighted by Gasteiger charge is 2.15. The molecule has 0 saturated heterocycles. The highest BCUT2D eigenvalue weighted by molar-refractivity contribution is 5.67. The molecule has 2 heterocycles. The minimum Gasteiger partial charge on any atom is -0.350 e. The second kappa shape index (κ2) is 3.21. The molecule has 2 rings (SSSR count). The number of hydrogen-bond donors (Lipinski definition) is 0.